The van der Waals surface area contributed by atoms with Crippen molar-refractivity contribution in [3.63, 3.8) is 0 Å². The molecule has 1 fully saturated rings. The van der Waals surface area contributed by atoms with E-state index in [0.29, 0.717) is 17.4 Å². The predicted octanol–water partition coefficient (Wildman–Crippen LogP) is 0.816. The molecule has 1 heterocycles. The summed E-state index contributed by atoms with van der Waals surface area (Å²) in [5, 5.41) is 0.826. The van der Waals surface area contributed by atoms with Crippen molar-refractivity contribution >= 4 is 25.8 Å². The number of rotatable bonds is 1. The minimum Gasteiger partial charge on any atom is -0.229 e. The van der Waals surface area contributed by atoms with Gasteiger partial charge in [0.1, 0.15) is 0 Å². The van der Waals surface area contributed by atoms with E-state index in [0.717, 1.165) is 11.8 Å². The Morgan fingerprint density at radius 3 is 2.44 bits per heavy atom. The minimum atomic E-state index is -2.64. The van der Waals surface area contributed by atoms with Gasteiger partial charge in [0.25, 0.3) is 0 Å². The van der Waals surface area contributed by atoms with Gasteiger partial charge in [-0.05, 0) is 12.3 Å². The van der Waals surface area contributed by atoms with Crippen LogP contribution in [-0.4, -0.2) is 25.3 Å². The number of halogens is 1. The van der Waals surface area contributed by atoms with Gasteiger partial charge in [-0.1, -0.05) is 15.9 Å². The molecule has 1 atom stereocenters. The second-order valence-electron chi connectivity index (χ2n) is 2.42. The Hall–Kier alpha value is 0.430. The minimum absolute atomic E-state index is 0.370. The summed E-state index contributed by atoms with van der Waals surface area (Å²) in [7, 11) is -2.64. The van der Waals surface area contributed by atoms with Crippen LogP contribution in [-0.2, 0) is 9.84 Å². The van der Waals surface area contributed by atoms with Crippen LogP contribution < -0.4 is 0 Å². The normalized spacial score (nSPS) is 32.8. The fourth-order valence-electron chi connectivity index (χ4n) is 0.994. The Labute approximate surface area is 63.7 Å². The van der Waals surface area contributed by atoms with Gasteiger partial charge in [0.15, 0.2) is 9.84 Å². The molecule has 1 rings (SSSR count). The monoisotopic (exact) mass is 212 g/mol. The summed E-state index contributed by atoms with van der Waals surface area (Å²) in [5.41, 5.74) is 0. The SMILES string of the molecule is O=S1(=O)CC[C@H](CBr)C1. The van der Waals surface area contributed by atoms with E-state index in [2.05, 4.69) is 15.9 Å². The molecule has 0 radical (unpaired) electrons. The van der Waals surface area contributed by atoms with Crippen molar-refractivity contribution in [3.05, 3.63) is 0 Å². The summed E-state index contributed by atoms with van der Waals surface area (Å²) in [6.07, 6.45) is 0.841. The average molecular weight is 213 g/mol. The zero-order valence-electron chi connectivity index (χ0n) is 5.01. The van der Waals surface area contributed by atoms with Crippen LogP contribution in [0.2, 0.25) is 0 Å². The predicted molar refractivity (Wildman–Crippen MR) is 40.6 cm³/mol. The van der Waals surface area contributed by atoms with Gasteiger partial charge in [0.05, 0.1) is 11.5 Å². The molecule has 4 heteroatoms. The first-order chi connectivity index (χ1) is 4.14. The molecule has 1 aliphatic heterocycles. The van der Waals surface area contributed by atoms with E-state index in [1.54, 1.807) is 0 Å². The summed E-state index contributed by atoms with van der Waals surface area (Å²) in [5.74, 6) is 1.15. The Bertz CT molecular complexity index is 185. The van der Waals surface area contributed by atoms with Gasteiger partial charge in [-0.2, -0.15) is 0 Å². The Kier molecular flexibility index (Phi) is 2.16. The molecule has 9 heavy (non-hydrogen) atoms. The van der Waals surface area contributed by atoms with Gasteiger partial charge in [-0.3, -0.25) is 0 Å². The Balaban J connectivity index is 2.58. The third-order valence-corrected chi connectivity index (χ3v) is 4.30. The second kappa shape index (κ2) is 2.58. The van der Waals surface area contributed by atoms with Gasteiger partial charge >= 0.3 is 0 Å². The van der Waals surface area contributed by atoms with Crippen LogP contribution in [0.15, 0.2) is 0 Å². The van der Waals surface area contributed by atoms with Crippen molar-refractivity contribution in [3.8, 4) is 0 Å². The lowest BCUT2D eigenvalue weighted by atomic mass is 10.2. The standard InChI is InChI=1S/C5H9BrO2S/c6-3-5-1-2-9(7,8)4-5/h5H,1-4H2/t5-/m1/s1. The topological polar surface area (TPSA) is 34.1 Å². The van der Waals surface area contributed by atoms with Crippen LogP contribution in [0.25, 0.3) is 0 Å². The smallest absolute Gasteiger partial charge is 0.150 e. The second-order valence-corrected chi connectivity index (χ2v) is 5.30. The van der Waals surface area contributed by atoms with E-state index < -0.39 is 9.84 Å². The highest BCUT2D eigenvalue weighted by Crippen LogP contribution is 2.19. The molecule has 0 aromatic heterocycles. The largest absolute Gasteiger partial charge is 0.229 e. The van der Waals surface area contributed by atoms with E-state index in [4.69, 9.17) is 0 Å². The molecule has 0 unspecified atom stereocenters. The van der Waals surface area contributed by atoms with Crippen molar-refractivity contribution < 1.29 is 8.42 Å². The lowest BCUT2D eigenvalue weighted by molar-refractivity contribution is 0.600. The van der Waals surface area contributed by atoms with Crippen LogP contribution in [0.4, 0.5) is 0 Å². The summed E-state index contributed by atoms with van der Waals surface area (Å²) >= 11 is 3.26. The van der Waals surface area contributed by atoms with Crippen molar-refractivity contribution in [1.29, 1.82) is 0 Å². The van der Waals surface area contributed by atoms with Crippen LogP contribution in [0, 0.1) is 5.92 Å². The summed E-state index contributed by atoms with van der Waals surface area (Å²) in [4.78, 5) is 0. The molecule has 0 amide bonds. The van der Waals surface area contributed by atoms with Crippen molar-refractivity contribution in [2.24, 2.45) is 5.92 Å². The molecule has 1 aliphatic rings. The highest BCUT2D eigenvalue weighted by atomic mass is 79.9. The maximum atomic E-state index is 10.8. The van der Waals surface area contributed by atoms with Crippen molar-refractivity contribution in [2.75, 3.05) is 16.8 Å². The van der Waals surface area contributed by atoms with Crippen LogP contribution in [0.5, 0.6) is 0 Å². The first kappa shape index (κ1) is 7.54. The van der Waals surface area contributed by atoms with Crippen molar-refractivity contribution in [2.45, 2.75) is 6.42 Å². The molecule has 0 N–H and O–H groups in total. The number of sulfone groups is 1. The number of hydrogen-bond donors (Lipinski definition) is 0. The molecule has 1 saturated heterocycles. The lowest BCUT2D eigenvalue weighted by Crippen LogP contribution is -2.05. The fraction of sp³-hybridized carbons (Fsp3) is 1.00. The third kappa shape index (κ3) is 1.93. The molecule has 0 aromatic carbocycles. The van der Waals surface area contributed by atoms with Crippen LogP contribution in [0.1, 0.15) is 6.42 Å². The Morgan fingerprint density at radius 1 is 1.56 bits per heavy atom. The fourth-order valence-corrected chi connectivity index (χ4v) is 3.71. The quantitative estimate of drug-likeness (QED) is 0.604. The van der Waals surface area contributed by atoms with E-state index in [1.165, 1.54) is 0 Å². The summed E-state index contributed by atoms with van der Waals surface area (Å²) in [6, 6.07) is 0. The molecule has 54 valence electrons. The zero-order chi connectivity index (χ0) is 6.91. The van der Waals surface area contributed by atoms with Crippen LogP contribution in [0.3, 0.4) is 0 Å². The van der Waals surface area contributed by atoms with Gasteiger partial charge in [0, 0.05) is 5.33 Å². The molecule has 0 saturated carbocycles. The van der Waals surface area contributed by atoms with Crippen LogP contribution >= 0.6 is 15.9 Å². The van der Waals surface area contributed by atoms with E-state index >= 15 is 0 Å². The molecule has 0 spiro atoms. The summed E-state index contributed by atoms with van der Waals surface area (Å²) < 4.78 is 21.6. The zero-order valence-corrected chi connectivity index (χ0v) is 7.41. The molecule has 0 bridgehead atoms. The number of hydrogen-bond acceptors (Lipinski definition) is 2. The highest BCUT2D eigenvalue weighted by Gasteiger charge is 2.26. The first-order valence-electron chi connectivity index (χ1n) is 2.90. The van der Waals surface area contributed by atoms with E-state index in [9.17, 15) is 8.42 Å². The van der Waals surface area contributed by atoms with Gasteiger partial charge in [-0.15, -0.1) is 0 Å². The maximum absolute atomic E-state index is 10.8. The van der Waals surface area contributed by atoms with Gasteiger partial charge < -0.3 is 0 Å². The first-order valence-corrected chi connectivity index (χ1v) is 5.85. The van der Waals surface area contributed by atoms with Gasteiger partial charge in [0.2, 0.25) is 0 Å². The maximum Gasteiger partial charge on any atom is 0.150 e. The highest BCUT2D eigenvalue weighted by molar-refractivity contribution is 9.09. The average Bonchev–Trinajstić information content (AvgIpc) is 2.10. The van der Waals surface area contributed by atoms with E-state index in [1.807, 2.05) is 0 Å². The lowest BCUT2D eigenvalue weighted by Gasteiger charge is -1.96. The van der Waals surface area contributed by atoms with Gasteiger partial charge in [-0.25, -0.2) is 8.42 Å². The van der Waals surface area contributed by atoms with Crippen molar-refractivity contribution in [1.82, 2.24) is 0 Å². The molecule has 0 aromatic rings. The molecular formula is C5H9BrO2S. The Morgan fingerprint density at radius 2 is 2.22 bits per heavy atom. The number of alkyl halides is 1. The molecule has 0 aliphatic carbocycles. The summed E-state index contributed by atoms with van der Waals surface area (Å²) in [6.45, 7) is 0. The molecular weight excluding hydrogens is 204 g/mol. The van der Waals surface area contributed by atoms with E-state index in [-0.39, 0.29) is 0 Å². The third-order valence-electron chi connectivity index (χ3n) is 1.54. The molecule has 2 nitrogen and oxygen atoms in total.